The predicted octanol–water partition coefficient (Wildman–Crippen LogP) is 2.73. The van der Waals surface area contributed by atoms with Crippen LogP contribution in [0.5, 0.6) is 0 Å². The largest absolute Gasteiger partial charge is 0.381 e. The van der Waals surface area contributed by atoms with E-state index in [0.29, 0.717) is 5.92 Å². The molecule has 0 aromatic carbocycles. The molecule has 5 nitrogen and oxygen atoms in total. The van der Waals surface area contributed by atoms with Gasteiger partial charge in [-0.15, -0.1) is 0 Å². The normalized spacial score (nSPS) is 19.7. The van der Waals surface area contributed by atoms with Crippen molar-refractivity contribution in [3.8, 4) is 0 Å². The number of hydrogen-bond donors (Lipinski definition) is 2. The summed E-state index contributed by atoms with van der Waals surface area (Å²) in [5.41, 5.74) is 0. The van der Waals surface area contributed by atoms with Gasteiger partial charge in [0.25, 0.3) is 0 Å². The van der Waals surface area contributed by atoms with Gasteiger partial charge >= 0.3 is 0 Å². The third-order valence-electron chi connectivity index (χ3n) is 4.37. The van der Waals surface area contributed by atoms with Crippen LogP contribution in [0.15, 0.2) is 4.99 Å². The van der Waals surface area contributed by atoms with Gasteiger partial charge in [-0.25, -0.2) is 0 Å². The fourth-order valence-electron chi connectivity index (χ4n) is 3.08. The molecule has 1 unspecified atom stereocenters. The highest BCUT2D eigenvalue weighted by Crippen LogP contribution is 2.15. The van der Waals surface area contributed by atoms with Crippen molar-refractivity contribution in [3.63, 3.8) is 0 Å². The van der Waals surface area contributed by atoms with E-state index in [1.165, 1.54) is 45.3 Å². The Labute approximate surface area is 149 Å². The summed E-state index contributed by atoms with van der Waals surface area (Å²) < 4.78 is 5.58. The van der Waals surface area contributed by atoms with E-state index < -0.39 is 0 Å². The Morgan fingerprint density at radius 2 is 1.96 bits per heavy atom. The van der Waals surface area contributed by atoms with Crippen molar-refractivity contribution in [2.24, 2.45) is 16.8 Å². The van der Waals surface area contributed by atoms with Gasteiger partial charge in [0.15, 0.2) is 5.96 Å². The maximum Gasteiger partial charge on any atom is 0.190 e. The third kappa shape index (κ3) is 10.9. The SMILES string of the molecule is CN=C(NCCCCN1CCCC(C)C1)NCCCOCC(C)C. The van der Waals surface area contributed by atoms with Crippen molar-refractivity contribution in [1.29, 1.82) is 0 Å². The van der Waals surface area contributed by atoms with Gasteiger partial charge in [0.1, 0.15) is 0 Å². The van der Waals surface area contributed by atoms with Gasteiger partial charge in [-0.2, -0.15) is 0 Å². The molecule has 2 N–H and O–H groups in total. The lowest BCUT2D eigenvalue weighted by Crippen LogP contribution is -2.39. The minimum atomic E-state index is 0.612. The Kier molecular flexibility index (Phi) is 11.9. The summed E-state index contributed by atoms with van der Waals surface area (Å²) in [5, 5.41) is 6.76. The highest BCUT2D eigenvalue weighted by Gasteiger charge is 2.15. The molecule has 1 rings (SSSR count). The highest BCUT2D eigenvalue weighted by molar-refractivity contribution is 5.79. The topological polar surface area (TPSA) is 48.9 Å². The molecule has 1 heterocycles. The van der Waals surface area contributed by atoms with E-state index in [1.807, 2.05) is 7.05 Å². The van der Waals surface area contributed by atoms with Crippen LogP contribution in [0.3, 0.4) is 0 Å². The Morgan fingerprint density at radius 3 is 2.62 bits per heavy atom. The van der Waals surface area contributed by atoms with Gasteiger partial charge in [0.2, 0.25) is 0 Å². The molecule has 1 fully saturated rings. The van der Waals surface area contributed by atoms with E-state index in [4.69, 9.17) is 4.74 Å². The quantitative estimate of drug-likeness (QED) is 0.345. The number of nitrogens with zero attached hydrogens (tertiary/aromatic N) is 2. The van der Waals surface area contributed by atoms with Crippen LogP contribution < -0.4 is 10.6 Å². The predicted molar refractivity (Wildman–Crippen MR) is 104 cm³/mol. The van der Waals surface area contributed by atoms with Gasteiger partial charge in [0, 0.05) is 39.9 Å². The molecule has 0 radical (unpaired) electrons. The van der Waals surface area contributed by atoms with E-state index in [0.717, 1.165) is 44.6 Å². The van der Waals surface area contributed by atoms with Crippen molar-refractivity contribution in [2.75, 3.05) is 53.0 Å². The Hall–Kier alpha value is -0.810. The zero-order chi connectivity index (χ0) is 17.6. The molecular weight excluding hydrogens is 300 g/mol. The van der Waals surface area contributed by atoms with Gasteiger partial charge < -0.3 is 20.3 Å². The Morgan fingerprint density at radius 1 is 1.21 bits per heavy atom. The highest BCUT2D eigenvalue weighted by atomic mass is 16.5. The Bertz CT molecular complexity index is 333. The monoisotopic (exact) mass is 340 g/mol. The molecule has 0 aliphatic carbocycles. The van der Waals surface area contributed by atoms with Crippen LogP contribution in [-0.2, 0) is 4.74 Å². The minimum Gasteiger partial charge on any atom is -0.381 e. The average Bonchev–Trinajstić information content (AvgIpc) is 2.55. The molecule has 0 aromatic rings. The lowest BCUT2D eigenvalue weighted by Gasteiger charge is -2.30. The number of ether oxygens (including phenoxy) is 1. The number of nitrogens with one attached hydrogen (secondary N) is 2. The van der Waals surface area contributed by atoms with E-state index in [-0.39, 0.29) is 0 Å². The summed E-state index contributed by atoms with van der Waals surface area (Å²) >= 11 is 0. The smallest absolute Gasteiger partial charge is 0.190 e. The number of likely N-dealkylation sites (tertiary alicyclic amines) is 1. The maximum absolute atomic E-state index is 5.58. The summed E-state index contributed by atoms with van der Waals surface area (Å²) in [6.45, 7) is 14.1. The summed E-state index contributed by atoms with van der Waals surface area (Å²) in [7, 11) is 1.83. The van der Waals surface area contributed by atoms with E-state index >= 15 is 0 Å². The average molecular weight is 341 g/mol. The standard InChI is InChI=1S/C19H40N4O/c1-17(2)16-24-14-8-11-22-19(20-4)21-10-5-6-12-23-13-7-9-18(3)15-23/h17-18H,5-16H2,1-4H3,(H2,20,21,22). The van der Waals surface area contributed by atoms with Crippen LogP contribution in [0, 0.1) is 11.8 Å². The first-order valence-corrected chi connectivity index (χ1v) is 9.86. The first-order chi connectivity index (χ1) is 11.6. The van der Waals surface area contributed by atoms with Crippen LogP contribution in [0.2, 0.25) is 0 Å². The zero-order valence-electron chi connectivity index (χ0n) is 16.4. The van der Waals surface area contributed by atoms with E-state index in [9.17, 15) is 0 Å². The molecule has 0 spiro atoms. The zero-order valence-corrected chi connectivity index (χ0v) is 16.4. The van der Waals surface area contributed by atoms with Crippen LogP contribution in [-0.4, -0.2) is 63.8 Å². The van der Waals surface area contributed by atoms with Crippen molar-refractivity contribution >= 4 is 5.96 Å². The van der Waals surface area contributed by atoms with Crippen molar-refractivity contribution < 1.29 is 4.74 Å². The molecule has 1 aliphatic heterocycles. The summed E-state index contributed by atoms with van der Waals surface area (Å²) in [5.74, 6) is 2.40. The third-order valence-corrected chi connectivity index (χ3v) is 4.37. The van der Waals surface area contributed by atoms with Crippen molar-refractivity contribution in [1.82, 2.24) is 15.5 Å². The molecule has 0 saturated carbocycles. The van der Waals surface area contributed by atoms with Crippen molar-refractivity contribution in [2.45, 2.75) is 52.9 Å². The second-order valence-corrected chi connectivity index (χ2v) is 7.50. The summed E-state index contributed by atoms with van der Waals surface area (Å²) in [4.78, 5) is 6.90. The lowest BCUT2D eigenvalue weighted by atomic mass is 10.0. The van der Waals surface area contributed by atoms with Gasteiger partial charge in [-0.3, -0.25) is 4.99 Å². The molecule has 1 aliphatic rings. The number of piperidine rings is 1. The molecule has 0 amide bonds. The summed E-state index contributed by atoms with van der Waals surface area (Å²) in [6.07, 6.45) is 6.25. The van der Waals surface area contributed by atoms with Crippen LogP contribution in [0.1, 0.15) is 52.9 Å². The maximum atomic E-state index is 5.58. The Balaban J connectivity index is 1.96. The number of unbranched alkanes of at least 4 members (excludes halogenated alkanes) is 1. The van der Waals surface area contributed by atoms with Crippen LogP contribution in [0.25, 0.3) is 0 Å². The van der Waals surface area contributed by atoms with Crippen molar-refractivity contribution in [3.05, 3.63) is 0 Å². The number of rotatable bonds is 11. The van der Waals surface area contributed by atoms with Crippen LogP contribution in [0.4, 0.5) is 0 Å². The fraction of sp³-hybridized carbons (Fsp3) is 0.947. The second-order valence-electron chi connectivity index (χ2n) is 7.50. The minimum absolute atomic E-state index is 0.612. The number of guanidine groups is 1. The molecule has 0 bridgehead atoms. The fourth-order valence-corrected chi connectivity index (χ4v) is 3.08. The summed E-state index contributed by atoms with van der Waals surface area (Å²) in [6, 6.07) is 0. The second kappa shape index (κ2) is 13.5. The first-order valence-electron chi connectivity index (χ1n) is 9.86. The van der Waals surface area contributed by atoms with Crippen LogP contribution >= 0.6 is 0 Å². The van der Waals surface area contributed by atoms with Gasteiger partial charge in [-0.1, -0.05) is 20.8 Å². The molecule has 1 atom stereocenters. The molecule has 5 heteroatoms. The molecule has 142 valence electrons. The number of hydrogen-bond acceptors (Lipinski definition) is 3. The van der Waals surface area contributed by atoms with E-state index in [1.54, 1.807) is 0 Å². The molecule has 24 heavy (non-hydrogen) atoms. The molecular formula is C19H40N4O. The molecule has 1 saturated heterocycles. The van der Waals surface area contributed by atoms with Gasteiger partial charge in [0.05, 0.1) is 0 Å². The number of aliphatic imine (C=N–C) groups is 1. The first kappa shape index (κ1) is 21.2. The van der Waals surface area contributed by atoms with E-state index in [2.05, 4.69) is 41.3 Å². The molecule has 0 aromatic heterocycles. The lowest BCUT2D eigenvalue weighted by molar-refractivity contribution is 0.108. The van der Waals surface area contributed by atoms with Gasteiger partial charge in [-0.05, 0) is 57.0 Å².